The van der Waals surface area contributed by atoms with E-state index in [2.05, 4.69) is 18.8 Å². The Balaban J connectivity index is 2.23. The number of nitrogens with zero attached hydrogens (tertiary/aromatic N) is 2. The van der Waals surface area contributed by atoms with Gasteiger partial charge < -0.3 is 5.73 Å². The Bertz CT molecular complexity index is 400. The highest BCUT2D eigenvalue weighted by Gasteiger charge is 2.57. The van der Waals surface area contributed by atoms with Gasteiger partial charge in [0.15, 0.2) is 0 Å². The Kier molecular flexibility index (Phi) is 2.01. The Morgan fingerprint density at radius 3 is 2.47 bits per heavy atom. The van der Waals surface area contributed by atoms with Crippen molar-refractivity contribution >= 4 is 5.69 Å². The molecule has 0 aromatic carbocycles. The van der Waals surface area contributed by atoms with E-state index in [-0.39, 0.29) is 23.1 Å². The van der Waals surface area contributed by atoms with Crippen LogP contribution in [0.2, 0.25) is 0 Å². The fourth-order valence-electron chi connectivity index (χ4n) is 1.93. The van der Waals surface area contributed by atoms with E-state index < -0.39 is 4.92 Å². The third-order valence-corrected chi connectivity index (χ3v) is 3.21. The second kappa shape index (κ2) is 3.00. The minimum atomic E-state index is -0.450. The van der Waals surface area contributed by atoms with Gasteiger partial charge in [-0.2, -0.15) is 0 Å². The summed E-state index contributed by atoms with van der Waals surface area (Å²) in [4.78, 5) is 14.1. The van der Waals surface area contributed by atoms with Gasteiger partial charge in [-0.1, -0.05) is 13.8 Å². The molecule has 1 saturated carbocycles. The largest absolute Gasteiger partial charge is 0.327 e. The summed E-state index contributed by atoms with van der Waals surface area (Å²) in [6.07, 6.45) is 1.29. The molecule has 1 fully saturated rings. The number of rotatable bonds is 2. The van der Waals surface area contributed by atoms with Crippen molar-refractivity contribution in [2.24, 2.45) is 11.1 Å². The maximum atomic E-state index is 10.4. The first kappa shape index (κ1) is 10.0. The van der Waals surface area contributed by atoms with Gasteiger partial charge in [-0.3, -0.25) is 15.1 Å². The van der Waals surface area contributed by atoms with Gasteiger partial charge in [-0.25, -0.2) is 0 Å². The summed E-state index contributed by atoms with van der Waals surface area (Å²) in [7, 11) is 0. The van der Waals surface area contributed by atoms with Crippen molar-refractivity contribution in [3.8, 4) is 0 Å². The summed E-state index contributed by atoms with van der Waals surface area (Å²) in [6.45, 7) is 4.15. The van der Waals surface area contributed by atoms with Crippen LogP contribution in [-0.4, -0.2) is 15.9 Å². The smallest absolute Gasteiger partial charge is 0.287 e. The van der Waals surface area contributed by atoms with E-state index >= 15 is 0 Å². The molecular weight excluding hydrogens is 194 g/mol. The standard InChI is InChI=1S/C10H13N3O2/c1-10(2)8(9(10)11)7-4-3-6(5-12-7)13(14)15/h3-5,8-9H,11H2,1-2H3/t8-,9-/m1/s1. The minimum Gasteiger partial charge on any atom is -0.327 e. The Labute approximate surface area is 87.5 Å². The van der Waals surface area contributed by atoms with Crippen molar-refractivity contribution in [2.75, 3.05) is 0 Å². The Morgan fingerprint density at radius 1 is 1.53 bits per heavy atom. The van der Waals surface area contributed by atoms with Crippen LogP contribution >= 0.6 is 0 Å². The summed E-state index contributed by atoms with van der Waals surface area (Å²) >= 11 is 0. The highest BCUT2D eigenvalue weighted by Crippen LogP contribution is 2.56. The molecule has 0 amide bonds. The van der Waals surface area contributed by atoms with Crippen molar-refractivity contribution in [1.82, 2.24) is 4.98 Å². The molecule has 2 atom stereocenters. The fraction of sp³-hybridized carbons (Fsp3) is 0.500. The Morgan fingerprint density at radius 2 is 2.13 bits per heavy atom. The number of hydrogen-bond donors (Lipinski definition) is 1. The first-order valence-corrected chi connectivity index (χ1v) is 4.80. The van der Waals surface area contributed by atoms with E-state index in [9.17, 15) is 10.1 Å². The molecule has 2 N–H and O–H groups in total. The molecule has 0 aliphatic heterocycles. The molecule has 1 aromatic rings. The first-order chi connectivity index (χ1) is 6.94. The van der Waals surface area contributed by atoms with Gasteiger partial charge in [0.2, 0.25) is 0 Å². The maximum Gasteiger partial charge on any atom is 0.287 e. The number of hydrogen-bond acceptors (Lipinski definition) is 4. The van der Waals surface area contributed by atoms with Gasteiger partial charge in [0.1, 0.15) is 6.20 Å². The summed E-state index contributed by atoms with van der Waals surface area (Å²) < 4.78 is 0. The first-order valence-electron chi connectivity index (χ1n) is 4.80. The highest BCUT2D eigenvalue weighted by atomic mass is 16.6. The van der Waals surface area contributed by atoms with E-state index in [1.54, 1.807) is 6.07 Å². The van der Waals surface area contributed by atoms with E-state index in [1.165, 1.54) is 12.3 Å². The van der Waals surface area contributed by atoms with Crippen LogP contribution in [0.4, 0.5) is 5.69 Å². The number of nitrogens with two attached hydrogens (primary N) is 1. The lowest BCUT2D eigenvalue weighted by Crippen LogP contribution is -2.06. The lowest BCUT2D eigenvalue weighted by molar-refractivity contribution is -0.385. The molecular formula is C10H13N3O2. The molecule has 5 heteroatoms. The molecule has 0 saturated heterocycles. The van der Waals surface area contributed by atoms with E-state index in [4.69, 9.17) is 5.73 Å². The molecule has 5 nitrogen and oxygen atoms in total. The summed E-state index contributed by atoms with van der Waals surface area (Å²) in [5, 5.41) is 10.4. The van der Waals surface area contributed by atoms with Crippen molar-refractivity contribution in [3.05, 3.63) is 34.1 Å². The average molecular weight is 207 g/mol. The predicted octanol–water partition coefficient (Wildman–Crippen LogP) is 1.44. The topological polar surface area (TPSA) is 82.0 Å². The molecule has 0 spiro atoms. The SMILES string of the molecule is CC1(C)[C@H](N)[C@H]1c1ccc([N+](=O)[O-])cn1. The zero-order chi connectivity index (χ0) is 11.2. The molecule has 1 aromatic heterocycles. The van der Waals surface area contributed by atoms with Gasteiger partial charge in [0.25, 0.3) is 5.69 Å². The van der Waals surface area contributed by atoms with Gasteiger partial charge in [0, 0.05) is 23.7 Å². The van der Waals surface area contributed by atoms with Gasteiger partial charge >= 0.3 is 0 Å². The van der Waals surface area contributed by atoms with Crippen LogP contribution in [0.3, 0.4) is 0 Å². The normalized spacial score (nSPS) is 27.4. The summed E-state index contributed by atoms with van der Waals surface area (Å²) in [5.74, 6) is 0.221. The van der Waals surface area contributed by atoms with E-state index in [0.29, 0.717) is 0 Å². The zero-order valence-corrected chi connectivity index (χ0v) is 8.68. The molecule has 0 radical (unpaired) electrons. The molecule has 15 heavy (non-hydrogen) atoms. The molecule has 0 unspecified atom stereocenters. The van der Waals surface area contributed by atoms with Gasteiger partial charge in [-0.05, 0) is 11.5 Å². The van der Waals surface area contributed by atoms with Crippen molar-refractivity contribution < 1.29 is 4.92 Å². The van der Waals surface area contributed by atoms with Crippen LogP contribution in [0.5, 0.6) is 0 Å². The van der Waals surface area contributed by atoms with Crippen LogP contribution in [0.15, 0.2) is 18.3 Å². The summed E-state index contributed by atoms with van der Waals surface area (Å²) in [5.41, 5.74) is 6.82. The lowest BCUT2D eigenvalue weighted by Gasteiger charge is -2.00. The monoisotopic (exact) mass is 207 g/mol. The van der Waals surface area contributed by atoms with E-state index in [1.807, 2.05) is 0 Å². The Hall–Kier alpha value is -1.49. The second-order valence-electron chi connectivity index (χ2n) is 4.52. The molecule has 1 aliphatic rings. The predicted molar refractivity (Wildman–Crippen MR) is 55.4 cm³/mol. The number of aromatic nitrogens is 1. The highest BCUT2D eigenvalue weighted by molar-refractivity contribution is 5.34. The number of nitro groups is 1. The lowest BCUT2D eigenvalue weighted by atomic mass is 10.1. The van der Waals surface area contributed by atoms with Crippen LogP contribution < -0.4 is 5.73 Å². The quantitative estimate of drug-likeness (QED) is 0.587. The van der Waals surface area contributed by atoms with Gasteiger partial charge in [-0.15, -0.1) is 0 Å². The average Bonchev–Trinajstić information content (AvgIpc) is 2.66. The molecule has 0 bridgehead atoms. The molecule has 1 heterocycles. The minimum absolute atomic E-state index is 0.0192. The molecule has 80 valence electrons. The zero-order valence-electron chi connectivity index (χ0n) is 8.68. The third kappa shape index (κ3) is 1.48. The van der Waals surface area contributed by atoms with Crippen molar-refractivity contribution in [1.29, 1.82) is 0 Å². The maximum absolute atomic E-state index is 10.4. The molecule has 2 rings (SSSR count). The van der Waals surface area contributed by atoms with Crippen LogP contribution in [-0.2, 0) is 0 Å². The number of pyridine rings is 1. The van der Waals surface area contributed by atoms with Gasteiger partial charge in [0.05, 0.1) is 4.92 Å². The van der Waals surface area contributed by atoms with E-state index in [0.717, 1.165) is 5.69 Å². The van der Waals surface area contributed by atoms with Crippen molar-refractivity contribution in [3.63, 3.8) is 0 Å². The second-order valence-corrected chi connectivity index (χ2v) is 4.52. The summed E-state index contributed by atoms with van der Waals surface area (Å²) in [6, 6.07) is 3.27. The van der Waals surface area contributed by atoms with Crippen LogP contribution in [0, 0.1) is 15.5 Å². The fourth-order valence-corrected chi connectivity index (χ4v) is 1.93. The van der Waals surface area contributed by atoms with Crippen molar-refractivity contribution in [2.45, 2.75) is 25.8 Å². The third-order valence-electron chi connectivity index (χ3n) is 3.21. The van der Waals surface area contributed by atoms with Crippen LogP contribution in [0.1, 0.15) is 25.5 Å². The molecule has 1 aliphatic carbocycles. The van der Waals surface area contributed by atoms with Crippen LogP contribution in [0.25, 0.3) is 0 Å².